The number of rotatable bonds is 6. The molecule has 2 aliphatic rings. The van der Waals surface area contributed by atoms with E-state index < -0.39 is 22.1 Å². The Morgan fingerprint density at radius 1 is 1.26 bits per heavy atom. The third-order valence-corrected chi connectivity index (χ3v) is 6.63. The quantitative estimate of drug-likeness (QED) is 0.715. The van der Waals surface area contributed by atoms with Gasteiger partial charge in [-0.1, -0.05) is 6.07 Å². The van der Waals surface area contributed by atoms with Crippen LogP contribution in [-0.2, 0) is 24.3 Å². The highest BCUT2D eigenvalue weighted by atomic mass is 32.2. The van der Waals surface area contributed by atoms with Gasteiger partial charge in [0.1, 0.15) is 0 Å². The minimum absolute atomic E-state index is 0.0638. The van der Waals surface area contributed by atoms with Crippen LogP contribution < -0.4 is 5.32 Å². The number of ether oxygens (including phenoxy) is 2. The summed E-state index contributed by atoms with van der Waals surface area (Å²) < 4.78 is 37.5. The maximum atomic E-state index is 12.9. The summed E-state index contributed by atoms with van der Waals surface area (Å²) in [5.41, 5.74) is 0.635. The number of aryl methyl sites for hydroxylation is 1. The van der Waals surface area contributed by atoms with Crippen LogP contribution in [0.15, 0.2) is 23.1 Å². The van der Waals surface area contributed by atoms with Gasteiger partial charge >= 0.3 is 5.97 Å². The number of esters is 1. The Kier molecular flexibility index (Phi) is 5.83. The lowest BCUT2D eigenvalue weighted by atomic mass is 10.1. The summed E-state index contributed by atoms with van der Waals surface area (Å²) in [6, 6.07) is 4.55. The third kappa shape index (κ3) is 4.66. The lowest BCUT2D eigenvalue weighted by Crippen LogP contribution is -2.41. The van der Waals surface area contributed by atoms with Gasteiger partial charge in [-0.15, -0.1) is 0 Å². The van der Waals surface area contributed by atoms with Gasteiger partial charge in [-0.25, -0.2) is 13.2 Å². The Hall–Kier alpha value is -1.97. The molecule has 148 valence electrons. The van der Waals surface area contributed by atoms with Gasteiger partial charge in [0.05, 0.1) is 23.7 Å². The van der Waals surface area contributed by atoms with Gasteiger partial charge in [-0.05, 0) is 44.4 Å². The Labute approximate surface area is 158 Å². The van der Waals surface area contributed by atoms with Crippen LogP contribution in [0.2, 0.25) is 0 Å². The number of morpholine rings is 1. The molecule has 1 atom stereocenters. The molecule has 27 heavy (non-hydrogen) atoms. The Morgan fingerprint density at radius 2 is 1.93 bits per heavy atom. The van der Waals surface area contributed by atoms with E-state index in [9.17, 15) is 18.0 Å². The minimum Gasteiger partial charge on any atom is -0.449 e. The first-order valence-corrected chi connectivity index (χ1v) is 10.4. The molecule has 9 heteroatoms. The number of hydrogen-bond acceptors (Lipinski definition) is 6. The summed E-state index contributed by atoms with van der Waals surface area (Å²) >= 11 is 0. The second-order valence-corrected chi connectivity index (χ2v) is 8.73. The maximum Gasteiger partial charge on any atom is 0.338 e. The van der Waals surface area contributed by atoms with Crippen LogP contribution in [0.25, 0.3) is 0 Å². The van der Waals surface area contributed by atoms with Crippen molar-refractivity contribution in [3.05, 3.63) is 29.3 Å². The van der Waals surface area contributed by atoms with Crippen molar-refractivity contribution in [1.29, 1.82) is 0 Å². The van der Waals surface area contributed by atoms with Crippen LogP contribution in [-0.4, -0.2) is 63.0 Å². The van der Waals surface area contributed by atoms with Gasteiger partial charge < -0.3 is 14.8 Å². The predicted molar refractivity (Wildman–Crippen MR) is 96.8 cm³/mol. The van der Waals surface area contributed by atoms with Crippen molar-refractivity contribution in [2.45, 2.75) is 43.7 Å². The summed E-state index contributed by atoms with van der Waals surface area (Å²) in [6.45, 7) is 4.40. The van der Waals surface area contributed by atoms with Crippen LogP contribution in [0.4, 0.5) is 0 Å². The molecule has 1 heterocycles. The smallest absolute Gasteiger partial charge is 0.338 e. The van der Waals surface area contributed by atoms with E-state index in [1.807, 2.05) is 0 Å². The molecule has 1 aromatic rings. The summed E-state index contributed by atoms with van der Waals surface area (Å²) in [5, 5.41) is 2.77. The van der Waals surface area contributed by atoms with Crippen molar-refractivity contribution in [3.8, 4) is 0 Å². The van der Waals surface area contributed by atoms with E-state index in [1.165, 1.54) is 23.4 Å². The molecule has 1 aliphatic heterocycles. The maximum absolute atomic E-state index is 12.9. The number of carbonyl (C=O) groups excluding carboxylic acids is 2. The van der Waals surface area contributed by atoms with Gasteiger partial charge in [0, 0.05) is 19.1 Å². The van der Waals surface area contributed by atoms with E-state index in [2.05, 4.69) is 5.32 Å². The Morgan fingerprint density at radius 3 is 2.56 bits per heavy atom. The van der Waals surface area contributed by atoms with E-state index in [1.54, 1.807) is 13.0 Å². The summed E-state index contributed by atoms with van der Waals surface area (Å²) in [5.74, 6) is -1.08. The second-order valence-electron chi connectivity index (χ2n) is 6.83. The zero-order valence-electron chi connectivity index (χ0n) is 15.4. The number of carbonyl (C=O) groups is 2. The van der Waals surface area contributed by atoms with E-state index in [0.717, 1.165) is 12.8 Å². The first-order chi connectivity index (χ1) is 12.8. The zero-order valence-corrected chi connectivity index (χ0v) is 16.3. The molecule has 1 saturated carbocycles. The second kappa shape index (κ2) is 7.95. The van der Waals surface area contributed by atoms with Crippen molar-refractivity contribution < 1.29 is 27.5 Å². The molecule has 2 fully saturated rings. The van der Waals surface area contributed by atoms with Crippen LogP contribution >= 0.6 is 0 Å². The number of benzene rings is 1. The number of nitrogens with zero attached hydrogens (tertiary/aromatic N) is 1. The normalized spacial score (nSPS) is 19.3. The van der Waals surface area contributed by atoms with E-state index in [4.69, 9.17) is 9.47 Å². The fraction of sp³-hybridized carbons (Fsp3) is 0.556. The van der Waals surface area contributed by atoms with E-state index in [0.29, 0.717) is 18.8 Å². The average molecular weight is 396 g/mol. The monoisotopic (exact) mass is 396 g/mol. The third-order valence-electron chi connectivity index (χ3n) is 4.59. The average Bonchev–Trinajstić information content (AvgIpc) is 3.46. The van der Waals surface area contributed by atoms with E-state index >= 15 is 0 Å². The minimum atomic E-state index is -3.73. The fourth-order valence-corrected chi connectivity index (χ4v) is 4.42. The van der Waals surface area contributed by atoms with Gasteiger partial charge in [-0.3, -0.25) is 4.79 Å². The molecule has 1 saturated heterocycles. The molecule has 1 N–H and O–H groups in total. The molecule has 0 spiro atoms. The topological polar surface area (TPSA) is 102 Å². The summed E-state index contributed by atoms with van der Waals surface area (Å²) in [7, 11) is -3.73. The number of hydrogen-bond donors (Lipinski definition) is 1. The Bertz CT molecular complexity index is 828. The van der Waals surface area contributed by atoms with Crippen molar-refractivity contribution in [1.82, 2.24) is 9.62 Å². The first kappa shape index (κ1) is 19.8. The highest BCUT2D eigenvalue weighted by molar-refractivity contribution is 7.89. The molecular weight excluding hydrogens is 372 g/mol. The van der Waals surface area contributed by atoms with E-state index in [-0.39, 0.29) is 35.5 Å². The summed E-state index contributed by atoms with van der Waals surface area (Å²) in [4.78, 5) is 24.4. The number of amides is 1. The lowest BCUT2D eigenvalue weighted by Gasteiger charge is -2.26. The SMILES string of the molecule is Cc1ccc(C(=O)O[C@@H](C)C(=O)NC2CC2)cc1S(=O)(=O)N1CCOCC1. The van der Waals surface area contributed by atoms with Crippen molar-refractivity contribution in [2.75, 3.05) is 26.3 Å². The highest BCUT2D eigenvalue weighted by Crippen LogP contribution is 2.23. The molecular formula is C18H24N2O6S. The van der Waals surface area contributed by atoms with Crippen LogP contribution in [0.3, 0.4) is 0 Å². The van der Waals surface area contributed by atoms with Crippen molar-refractivity contribution in [2.24, 2.45) is 0 Å². The van der Waals surface area contributed by atoms with Gasteiger partial charge in [0.15, 0.2) is 6.10 Å². The predicted octanol–water partition coefficient (Wildman–Crippen LogP) is 0.840. The molecule has 0 bridgehead atoms. The molecule has 1 aliphatic carbocycles. The first-order valence-electron chi connectivity index (χ1n) is 8.99. The molecule has 0 unspecified atom stereocenters. The molecule has 3 rings (SSSR count). The van der Waals surface area contributed by atoms with Crippen molar-refractivity contribution in [3.63, 3.8) is 0 Å². The summed E-state index contributed by atoms with van der Waals surface area (Å²) in [6.07, 6.45) is 0.930. The molecule has 0 aromatic heterocycles. The van der Waals surface area contributed by atoms with Gasteiger partial charge in [0.2, 0.25) is 10.0 Å². The number of nitrogens with one attached hydrogen (secondary N) is 1. The number of sulfonamides is 1. The largest absolute Gasteiger partial charge is 0.449 e. The standard InChI is InChI=1S/C18H24N2O6S/c1-12-3-4-14(18(22)26-13(2)17(21)19-15-5-6-15)11-16(12)27(23,24)20-7-9-25-10-8-20/h3-4,11,13,15H,5-10H2,1-2H3,(H,19,21)/t13-/m0/s1. The molecule has 0 radical (unpaired) electrons. The van der Waals surface area contributed by atoms with Crippen LogP contribution in [0, 0.1) is 6.92 Å². The van der Waals surface area contributed by atoms with Crippen LogP contribution in [0.1, 0.15) is 35.7 Å². The molecule has 8 nitrogen and oxygen atoms in total. The fourth-order valence-electron chi connectivity index (χ4n) is 2.76. The Balaban J connectivity index is 1.75. The van der Waals surface area contributed by atoms with Gasteiger partial charge in [0.25, 0.3) is 5.91 Å². The molecule has 1 aromatic carbocycles. The van der Waals surface area contributed by atoms with Crippen molar-refractivity contribution >= 4 is 21.9 Å². The van der Waals surface area contributed by atoms with Crippen LogP contribution in [0.5, 0.6) is 0 Å². The lowest BCUT2D eigenvalue weighted by molar-refractivity contribution is -0.129. The zero-order chi connectivity index (χ0) is 19.6. The highest BCUT2D eigenvalue weighted by Gasteiger charge is 2.30. The van der Waals surface area contributed by atoms with Gasteiger partial charge in [-0.2, -0.15) is 4.31 Å². The molecule has 1 amide bonds.